The highest BCUT2D eigenvalue weighted by Crippen LogP contribution is 2.28. The molecule has 0 radical (unpaired) electrons. The van der Waals surface area contributed by atoms with E-state index in [1.165, 1.54) is 11.1 Å². The molecule has 2 heterocycles. The summed E-state index contributed by atoms with van der Waals surface area (Å²) in [7, 11) is 6.00. The van der Waals surface area contributed by atoms with E-state index in [1.54, 1.807) is 4.68 Å². The summed E-state index contributed by atoms with van der Waals surface area (Å²) in [5.74, 6) is 0.240. The van der Waals surface area contributed by atoms with Crippen LogP contribution in [0, 0.1) is 12.8 Å². The Hall–Kier alpha value is -2.18. The van der Waals surface area contributed by atoms with Crippen molar-refractivity contribution in [1.82, 2.24) is 25.3 Å². The van der Waals surface area contributed by atoms with E-state index in [9.17, 15) is 4.79 Å². The molecule has 1 saturated heterocycles. The average molecular weight is 355 g/mol. The maximum absolute atomic E-state index is 12.9. The molecule has 6 heteroatoms. The fraction of sp³-hybridized carbons (Fsp3) is 0.500. The standard InChI is InChI=1S/C20H29N5O/c1-14-5-7-15(8-6-14)19(24(2)3)12-22-20(26)18-11-21-10-17(18)16-9-23-25(4)13-16/h5-9,13,17-19,21H,10-12H2,1-4H3,(H,22,26)/t17-,18+,19?/m1/s1. The Balaban J connectivity index is 1.65. The molecule has 3 atom stereocenters. The van der Waals surface area contributed by atoms with Crippen molar-refractivity contribution < 1.29 is 4.79 Å². The number of aryl methyl sites for hydroxylation is 2. The van der Waals surface area contributed by atoms with Gasteiger partial charge in [0.15, 0.2) is 0 Å². The molecule has 1 aromatic heterocycles. The van der Waals surface area contributed by atoms with Crippen LogP contribution in [0.2, 0.25) is 0 Å². The maximum atomic E-state index is 12.9. The van der Waals surface area contributed by atoms with Gasteiger partial charge in [-0.2, -0.15) is 5.10 Å². The molecule has 1 aliphatic heterocycles. The Bertz CT molecular complexity index is 737. The van der Waals surface area contributed by atoms with Crippen LogP contribution in [0.15, 0.2) is 36.7 Å². The Labute approximate surface area is 155 Å². The molecule has 0 aliphatic carbocycles. The van der Waals surface area contributed by atoms with Crippen LogP contribution in [0.1, 0.15) is 28.7 Å². The van der Waals surface area contributed by atoms with Gasteiger partial charge in [-0.25, -0.2) is 0 Å². The second kappa shape index (κ2) is 8.01. The molecule has 140 valence electrons. The molecule has 3 rings (SSSR count). The van der Waals surface area contributed by atoms with Crippen molar-refractivity contribution in [2.45, 2.75) is 18.9 Å². The predicted molar refractivity (Wildman–Crippen MR) is 103 cm³/mol. The lowest BCUT2D eigenvalue weighted by molar-refractivity contribution is -0.125. The molecule has 0 saturated carbocycles. The first-order valence-corrected chi connectivity index (χ1v) is 9.15. The number of aromatic nitrogens is 2. The zero-order chi connectivity index (χ0) is 18.7. The van der Waals surface area contributed by atoms with Gasteiger partial charge in [0.05, 0.1) is 18.2 Å². The largest absolute Gasteiger partial charge is 0.354 e. The molecular weight excluding hydrogens is 326 g/mol. The van der Waals surface area contributed by atoms with E-state index in [2.05, 4.69) is 51.8 Å². The van der Waals surface area contributed by atoms with Gasteiger partial charge in [0.2, 0.25) is 5.91 Å². The molecule has 1 aromatic carbocycles. The van der Waals surface area contributed by atoms with Crippen LogP contribution in [-0.2, 0) is 11.8 Å². The SMILES string of the molecule is Cc1ccc(C(CNC(=O)[C@H]2CNC[C@@H]2c2cnn(C)c2)N(C)C)cc1. The number of carbonyl (C=O) groups excluding carboxylic acids is 1. The minimum Gasteiger partial charge on any atom is -0.354 e. The number of carbonyl (C=O) groups is 1. The van der Waals surface area contributed by atoms with Gasteiger partial charge in [0.1, 0.15) is 0 Å². The smallest absolute Gasteiger partial charge is 0.225 e. The second-order valence-electron chi connectivity index (χ2n) is 7.45. The fourth-order valence-corrected chi connectivity index (χ4v) is 3.65. The van der Waals surface area contributed by atoms with Crippen molar-refractivity contribution >= 4 is 5.91 Å². The Kier molecular flexibility index (Phi) is 5.74. The molecular formula is C20H29N5O. The number of nitrogens with zero attached hydrogens (tertiary/aromatic N) is 3. The van der Waals surface area contributed by atoms with Crippen molar-refractivity contribution in [2.75, 3.05) is 33.7 Å². The van der Waals surface area contributed by atoms with Crippen LogP contribution in [0.4, 0.5) is 0 Å². The van der Waals surface area contributed by atoms with E-state index in [-0.39, 0.29) is 23.8 Å². The third-order valence-electron chi connectivity index (χ3n) is 5.26. The lowest BCUT2D eigenvalue weighted by Gasteiger charge is -2.26. The van der Waals surface area contributed by atoms with Gasteiger partial charge in [-0.3, -0.25) is 9.48 Å². The molecule has 6 nitrogen and oxygen atoms in total. The summed E-state index contributed by atoms with van der Waals surface area (Å²) in [4.78, 5) is 15.0. The molecule has 1 fully saturated rings. The normalized spacial score (nSPS) is 21.1. The Morgan fingerprint density at radius 2 is 2.08 bits per heavy atom. The first-order valence-electron chi connectivity index (χ1n) is 9.15. The predicted octanol–water partition coefficient (Wildman–Crippen LogP) is 1.45. The second-order valence-corrected chi connectivity index (χ2v) is 7.45. The van der Waals surface area contributed by atoms with Crippen LogP contribution >= 0.6 is 0 Å². The van der Waals surface area contributed by atoms with Crippen molar-refractivity contribution in [2.24, 2.45) is 13.0 Å². The molecule has 2 N–H and O–H groups in total. The molecule has 0 spiro atoms. The number of hydrogen-bond acceptors (Lipinski definition) is 4. The van der Waals surface area contributed by atoms with E-state index in [0.717, 1.165) is 12.1 Å². The topological polar surface area (TPSA) is 62.2 Å². The van der Waals surface area contributed by atoms with Crippen molar-refractivity contribution in [1.29, 1.82) is 0 Å². The molecule has 26 heavy (non-hydrogen) atoms. The number of hydrogen-bond donors (Lipinski definition) is 2. The Morgan fingerprint density at radius 1 is 1.35 bits per heavy atom. The highest BCUT2D eigenvalue weighted by molar-refractivity contribution is 5.80. The summed E-state index contributed by atoms with van der Waals surface area (Å²) in [5, 5.41) is 10.8. The van der Waals surface area contributed by atoms with Gasteiger partial charge in [-0.05, 0) is 32.1 Å². The van der Waals surface area contributed by atoms with Gasteiger partial charge in [-0.1, -0.05) is 29.8 Å². The summed E-state index contributed by atoms with van der Waals surface area (Å²) in [6, 6.07) is 8.68. The highest BCUT2D eigenvalue weighted by atomic mass is 16.1. The van der Waals surface area contributed by atoms with Crippen LogP contribution in [0.5, 0.6) is 0 Å². The lowest BCUT2D eigenvalue weighted by atomic mass is 9.90. The highest BCUT2D eigenvalue weighted by Gasteiger charge is 2.34. The average Bonchev–Trinajstić information content (AvgIpc) is 3.24. The minimum absolute atomic E-state index is 0.0555. The number of amides is 1. The molecule has 2 aromatic rings. The Morgan fingerprint density at radius 3 is 2.69 bits per heavy atom. The van der Waals surface area contributed by atoms with E-state index in [1.807, 2.05) is 33.5 Å². The van der Waals surface area contributed by atoms with Crippen molar-refractivity contribution in [3.05, 3.63) is 53.3 Å². The number of benzene rings is 1. The summed E-state index contributed by atoms with van der Waals surface area (Å²) in [5.41, 5.74) is 3.58. The van der Waals surface area contributed by atoms with Crippen LogP contribution in [0.25, 0.3) is 0 Å². The summed E-state index contributed by atoms with van der Waals surface area (Å²) >= 11 is 0. The maximum Gasteiger partial charge on any atom is 0.225 e. The third-order valence-corrected chi connectivity index (χ3v) is 5.26. The first kappa shape index (κ1) is 18.6. The van der Waals surface area contributed by atoms with E-state index >= 15 is 0 Å². The van der Waals surface area contributed by atoms with Crippen molar-refractivity contribution in [3.63, 3.8) is 0 Å². The van der Waals surface area contributed by atoms with Gasteiger partial charge in [0.25, 0.3) is 0 Å². The van der Waals surface area contributed by atoms with Gasteiger partial charge in [0, 0.05) is 38.8 Å². The number of rotatable bonds is 6. The fourth-order valence-electron chi connectivity index (χ4n) is 3.65. The molecule has 0 bridgehead atoms. The minimum atomic E-state index is -0.0555. The summed E-state index contributed by atoms with van der Waals surface area (Å²) < 4.78 is 1.79. The zero-order valence-electron chi connectivity index (χ0n) is 16.1. The summed E-state index contributed by atoms with van der Waals surface area (Å²) in [6.45, 7) is 4.22. The molecule has 1 unspecified atom stereocenters. The first-order chi connectivity index (χ1) is 12.5. The van der Waals surface area contributed by atoms with Gasteiger partial charge >= 0.3 is 0 Å². The van der Waals surface area contributed by atoms with E-state index < -0.39 is 0 Å². The monoisotopic (exact) mass is 355 g/mol. The number of nitrogens with one attached hydrogen (secondary N) is 2. The molecule has 1 aliphatic rings. The van der Waals surface area contributed by atoms with E-state index in [4.69, 9.17) is 0 Å². The quantitative estimate of drug-likeness (QED) is 0.823. The van der Waals surface area contributed by atoms with Crippen LogP contribution < -0.4 is 10.6 Å². The number of likely N-dealkylation sites (N-methyl/N-ethyl adjacent to an activating group) is 1. The van der Waals surface area contributed by atoms with E-state index in [0.29, 0.717) is 13.1 Å². The third kappa shape index (κ3) is 4.14. The lowest BCUT2D eigenvalue weighted by Crippen LogP contribution is -2.39. The summed E-state index contributed by atoms with van der Waals surface area (Å²) in [6.07, 6.45) is 3.87. The van der Waals surface area contributed by atoms with Crippen molar-refractivity contribution in [3.8, 4) is 0 Å². The van der Waals surface area contributed by atoms with Crippen LogP contribution in [-0.4, -0.2) is 54.3 Å². The zero-order valence-corrected chi connectivity index (χ0v) is 16.1. The van der Waals surface area contributed by atoms with Crippen LogP contribution in [0.3, 0.4) is 0 Å². The molecule has 1 amide bonds. The van der Waals surface area contributed by atoms with Gasteiger partial charge < -0.3 is 15.5 Å². The van der Waals surface area contributed by atoms with Gasteiger partial charge in [-0.15, -0.1) is 0 Å².